The predicted molar refractivity (Wildman–Crippen MR) is 138 cm³/mol. The molecule has 1 aromatic carbocycles. The maximum atomic E-state index is 12.6. The summed E-state index contributed by atoms with van der Waals surface area (Å²) in [6.45, 7) is 11.0. The number of thiophene rings is 1. The number of benzene rings is 1. The van der Waals surface area contributed by atoms with Crippen LogP contribution in [0.4, 0.5) is 5.00 Å². The summed E-state index contributed by atoms with van der Waals surface area (Å²) < 4.78 is 11.4. The molecule has 2 aromatic heterocycles. The molecule has 0 radical (unpaired) electrons. The SMILES string of the molecule is Cc1cc(C)cc(OCc2nnc(SCC(=O)Nc3sc4c(c3C#N)CC[C@H](C(C)(C)C)C4)o2)c1. The third-order valence-corrected chi connectivity index (χ3v) is 8.18. The van der Waals surface area contributed by atoms with Crippen molar-refractivity contribution in [2.24, 2.45) is 11.3 Å². The Labute approximate surface area is 214 Å². The van der Waals surface area contributed by atoms with Crippen LogP contribution in [0.15, 0.2) is 27.8 Å². The van der Waals surface area contributed by atoms with Crippen LogP contribution in [0.25, 0.3) is 0 Å². The van der Waals surface area contributed by atoms with Crippen LogP contribution >= 0.6 is 23.1 Å². The highest BCUT2D eigenvalue weighted by Crippen LogP contribution is 2.44. The molecule has 7 nitrogen and oxygen atoms in total. The Balaban J connectivity index is 1.32. The summed E-state index contributed by atoms with van der Waals surface area (Å²) in [6.07, 6.45) is 2.91. The summed E-state index contributed by atoms with van der Waals surface area (Å²) in [4.78, 5) is 13.8. The molecule has 0 fully saturated rings. The molecule has 184 valence electrons. The van der Waals surface area contributed by atoms with E-state index in [0.29, 0.717) is 27.6 Å². The molecular formula is C26H30N4O3S2. The van der Waals surface area contributed by atoms with Crippen LogP contribution in [0.5, 0.6) is 5.75 Å². The highest BCUT2D eigenvalue weighted by Gasteiger charge is 2.32. The topological polar surface area (TPSA) is 101 Å². The smallest absolute Gasteiger partial charge is 0.277 e. The van der Waals surface area contributed by atoms with Crippen LogP contribution in [0.3, 0.4) is 0 Å². The van der Waals surface area contributed by atoms with Gasteiger partial charge in [0.15, 0.2) is 6.61 Å². The Kier molecular flexibility index (Phi) is 7.53. The van der Waals surface area contributed by atoms with E-state index in [4.69, 9.17) is 9.15 Å². The van der Waals surface area contributed by atoms with Crippen molar-refractivity contribution in [2.45, 2.75) is 65.7 Å². The number of aryl methyl sites for hydroxylation is 2. The number of rotatable bonds is 7. The summed E-state index contributed by atoms with van der Waals surface area (Å²) in [5, 5.41) is 21.6. The van der Waals surface area contributed by atoms with Crippen molar-refractivity contribution in [1.82, 2.24) is 10.2 Å². The van der Waals surface area contributed by atoms with Gasteiger partial charge in [0, 0.05) is 4.88 Å². The molecule has 2 heterocycles. The van der Waals surface area contributed by atoms with Crippen LogP contribution in [0, 0.1) is 36.5 Å². The van der Waals surface area contributed by atoms with Crippen molar-refractivity contribution in [2.75, 3.05) is 11.1 Å². The van der Waals surface area contributed by atoms with Crippen molar-refractivity contribution in [3.8, 4) is 11.8 Å². The van der Waals surface area contributed by atoms with Gasteiger partial charge in [0.2, 0.25) is 5.91 Å². The normalized spacial score (nSPS) is 15.4. The number of nitrogens with one attached hydrogen (secondary N) is 1. The molecule has 0 saturated heterocycles. The second-order valence-electron chi connectivity index (χ2n) is 10.0. The van der Waals surface area contributed by atoms with Gasteiger partial charge in [-0.15, -0.1) is 21.5 Å². The van der Waals surface area contributed by atoms with Crippen LogP contribution in [0.2, 0.25) is 0 Å². The van der Waals surface area contributed by atoms with Gasteiger partial charge in [-0.2, -0.15) is 5.26 Å². The van der Waals surface area contributed by atoms with E-state index < -0.39 is 0 Å². The molecule has 1 aliphatic carbocycles. The first-order valence-corrected chi connectivity index (χ1v) is 13.4. The minimum atomic E-state index is -0.205. The molecule has 0 unspecified atom stereocenters. The van der Waals surface area contributed by atoms with Gasteiger partial charge in [0.05, 0.1) is 11.3 Å². The zero-order valence-corrected chi connectivity index (χ0v) is 22.4. The van der Waals surface area contributed by atoms with Crippen LogP contribution in [0.1, 0.15) is 60.2 Å². The summed E-state index contributed by atoms with van der Waals surface area (Å²) in [7, 11) is 0. The molecule has 0 spiro atoms. The molecule has 35 heavy (non-hydrogen) atoms. The summed E-state index contributed by atoms with van der Waals surface area (Å²) in [6, 6.07) is 8.28. The van der Waals surface area contributed by atoms with E-state index in [-0.39, 0.29) is 23.7 Å². The molecule has 0 aliphatic heterocycles. The molecule has 3 aromatic rings. The largest absolute Gasteiger partial charge is 0.484 e. The molecule has 1 amide bonds. The lowest BCUT2D eigenvalue weighted by molar-refractivity contribution is -0.113. The monoisotopic (exact) mass is 510 g/mol. The van der Waals surface area contributed by atoms with E-state index in [1.807, 2.05) is 26.0 Å². The third-order valence-electron chi connectivity index (χ3n) is 6.19. The van der Waals surface area contributed by atoms with Gasteiger partial charge in [-0.05, 0) is 73.3 Å². The lowest BCUT2D eigenvalue weighted by Crippen LogP contribution is -2.26. The molecule has 1 N–H and O–H groups in total. The van der Waals surface area contributed by atoms with Gasteiger partial charge >= 0.3 is 0 Å². The molecule has 1 atom stereocenters. The molecule has 9 heteroatoms. The van der Waals surface area contributed by atoms with E-state index in [0.717, 1.165) is 53.5 Å². The average molecular weight is 511 g/mol. The third kappa shape index (κ3) is 6.24. The lowest BCUT2D eigenvalue weighted by Gasteiger charge is -2.33. The number of thioether (sulfide) groups is 1. The number of carbonyl (C=O) groups excluding carboxylic acids is 1. The number of aromatic nitrogens is 2. The molecule has 1 aliphatic rings. The lowest BCUT2D eigenvalue weighted by atomic mass is 9.72. The second kappa shape index (κ2) is 10.4. The number of ether oxygens (including phenoxy) is 1. The number of nitrogens with zero attached hydrogens (tertiary/aromatic N) is 3. The molecule has 4 rings (SSSR count). The quantitative estimate of drug-likeness (QED) is 0.384. The maximum Gasteiger partial charge on any atom is 0.277 e. The van der Waals surface area contributed by atoms with Crippen LogP contribution in [-0.2, 0) is 24.2 Å². The Bertz CT molecular complexity index is 1250. The second-order valence-corrected chi connectivity index (χ2v) is 12.1. The summed E-state index contributed by atoms with van der Waals surface area (Å²) in [5.74, 6) is 1.57. The fourth-order valence-electron chi connectivity index (χ4n) is 4.34. The van der Waals surface area contributed by atoms with Gasteiger partial charge in [0.25, 0.3) is 11.1 Å². The number of hydrogen-bond donors (Lipinski definition) is 1. The van der Waals surface area contributed by atoms with E-state index in [1.165, 1.54) is 16.2 Å². The number of amides is 1. The Hall–Kier alpha value is -2.83. The Morgan fingerprint density at radius 1 is 1.29 bits per heavy atom. The average Bonchev–Trinajstić information content (AvgIpc) is 3.38. The van der Waals surface area contributed by atoms with Gasteiger partial charge in [-0.1, -0.05) is 38.6 Å². The fraction of sp³-hybridized carbons (Fsp3) is 0.462. The van der Waals surface area contributed by atoms with E-state index >= 15 is 0 Å². The fourth-order valence-corrected chi connectivity index (χ4v) is 6.21. The van der Waals surface area contributed by atoms with Crippen molar-refractivity contribution >= 4 is 34.0 Å². The van der Waals surface area contributed by atoms with Crippen molar-refractivity contribution in [1.29, 1.82) is 5.26 Å². The number of hydrogen-bond acceptors (Lipinski definition) is 8. The van der Waals surface area contributed by atoms with Gasteiger partial charge in [0.1, 0.15) is 16.8 Å². The Morgan fingerprint density at radius 2 is 2.03 bits per heavy atom. The first kappa shape index (κ1) is 25.3. The summed E-state index contributed by atoms with van der Waals surface area (Å²) in [5.41, 5.74) is 4.17. The highest BCUT2D eigenvalue weighted by atomic mass is 32.2. The van der Waals surface area contributed by atoms with E-state index in [9.17, 15) is 10.1 Å². The van der Waals surface area contributed by atoms with Gasteiger partial charge in [-0.3, -0.25) is 4.79 Å². The van der Waals surface area contributed by atoms with Gasteiger partial charge in [-0.25, -0.2) is 0 Å². The standard InChI is InChI=1S/C26H30N4O3S2/c1-15-8-16(2)10-18(9-15)32-13-23-29-30-25(33-23)34-14-22(31)28-24-20(12-27)19-7-6-17(26(3,4)5)11-21(19)35-24/h8-10,17H,6-7,11,13-14H2,1-5H3,(H,28,31)/t17-/m0/s1. The van der Waals surface area contributed by atoms with Crippen molar-refractivity contribution in [3.63, 3.8) is 0 Å². The number of anilines is 1. The Morgan fingerprint density at radius 3 is 2.71 bits per heavy atom. The first-order valence-electron chi connectivity index (χ1n) is 11.6. The highest BCUT2D eigenvalue weighted by molar-refractivity contribution is 7.99. The van der Waals surface area contributed by atoms with Crippen molar-refractivity contribution in [3.05, 3.63) is 51.2 Å². The minimum Gasteiger partial charge on any atom is -0.484 e. The predicted octanol–water partition coefficient (Wildman–Crippen LogP) is 6.08. The zero-order chi connectivity index (χ0) is 25.2. The van der Waals surface area contributed by atoms with E-state index in [2.05, 4.69) is 48.4 Å². The van der Waals surface area contributed by atoms with Gasteiger partial charge < -0.3 is 14.5 Å². The van der Waals surface area contributed by atoms with Crippen LogP contribution < -0.4 is 10.1 Å². The molecule has 0 bridgehead atoms. The summed E-state index contributed by atoms with van der Waals surface area (Å²) >= 11 is 2.70. The number of fused-ring (bicyclic) bond motifs is 1. The maximum absolute atomic E-state index is 12.6. The van der Waals surface area contributed by atoms with Crippen molar-refractivity contribution < 1.29 is 13.9 Å². The number of nitriles is 1. The minimum absolute atomic E-state index is 0.109. The number of carbonyl (C=O) groups is 1. The van der Waals surface area contributed by atoms with E-state index in [1.54, 1.807) is 0 Å². The first-order chi connectivity index (χ1) is 16.6. The molecular weight excluding hydrogens is 480 g/mol. The zero-order valence-electron chi connectivity index (χ0n) is 20.7. The molecule has 0 saturated carbocycles. The van der Waals surface area contributed by atoms with Crippen LogP contribution in [-0.4, -0.2) is 21.9 Å².